The highest BCUT2D eigenvalue weighted by molar-refractivity contribution is 7.91. The third-order valence-electron chi connectivity index (χ3n) is 4.29. The second kappa shape index (κ2) is 8.34. The quantitative estimate of drug-likeness (QED) is 0.474. The summed E-state index contributed by atoms with van der Waals surface area (Å²) in [7, 11) is -1.70. The van der Waals surface area contributed by atoms with E-state index in [0.717, 1.165) is 16.8 Å². The number of anilines is 3. The lowest BCUT2D eigenvalue weighted by atomic mass is 10.1. The molecule has 30 heavy (non-hydrogen) atoms. The molecule has 8 nitrogen and oxygen atoms in total. The topological polar surface area (TPSA) is 102 Å². The summed E-state index contributed by atoms with van der Waals surface area (Å²) in [6, 6.07) is 16.2. The van der Waals surface area contributed by atoms with E-state index in [4.69, 9.17) is 0 Å². The van der Waals surface area contributed by atoms with Crippen molar-refractivity contribution in [1.29, 1.82) is 0 Å². The van der Waals surface area contributed by atoms with Gasteiger partial charge in [0.05, 0.1) is 17.6 Å². The first-order valence-electron chi connectivity index (χ1n) is 9.19. The molecule has 0 aliphatic carbocycles. The van der Waals surface area contributed by atoms with Crippen molar-refractivity contribution in [2.45, 2.75) is 5.75 Å². The van der Waals surface area contributed by atoms with Crippen molar-refractivity contribution in [1.82, 2.24) is 19.7 Å². The van der Waals surface area contributed by atoms with E-state index in [-0.39, 0.29) is 11.6 Å². The van der Waals surface area contributed by atoms with Crippen LogP contribution in [-0.2, 0) is 22.8 Å². The molecule has 1 aromatic carbocycles. The van der Waals surface area contributed by atoms with Crippen LogP contribution in [0.1, 0.15) is 5.56 Å². The monoisotopic (exact) mass is 420 g/mol. The minimum atomic E-state index is -3.54. The first-order chi connectivity index (χ1) is 14.5. The zero-order chi connectivity index (χ0) is 21.0. The summed E-state index contributed by atoms with van der Waals surface area (Å²) in [4.78, 5) is 8.57. The van der Waals surface area contributed by atoms with Gasteiger partial charge in [0.1, 0.15) is 11.6 Å². The molecular weight excluding hydrogens is 400 g/mol. The third kappa shape index (κ3) is 5.00. The summed E-state index contributed by atoms with van der Waals surface area (Å²) in [6.07, 6.45) is 6.90. The molecule has 0 radical (unpaired) electrons. The van der Waals surface area contributed by atoms with Crippen molar-refractivity contribution in [3.8, 4) is 11.1 Å². The molecule has 3 heterocycles. The van der Waals surface area contributed by atoms with Crippen LogP contribution in [0.25, 0.3) is 11.1 Å². The summed E-state index contributed by atoms with van der Waals surface area (Å²) in [5.41, 5.74) is 3.30. The molecule has 0 saturated heterocycles. The Balaban J connectivity index is 1.46. The molecule has 0 unspecified atom stereocenters. The number of hydrogen-bond acceptors (Lipinski definition) is 6. The Morgan fingerprint density at radius 2 is 1.77 bits per heavy atom. The van der Waals surface area contributed by atoms with Gasteiger partial charge in [-0.2, -0.15) is 5.10 Å². The molecule has 0 bridgehead atoms. The number of sulfonamides is 1. The average molecular weight is 420 g/mol. The molecule has 0 aliphatic heterocycles. The number of benzene rings is 1. The maximum absolute atomic E-state index is 12.4. The van der Waals surface area contributed by atoms with E-state index in [2.05, 4.69) is 25.1 Å². The molecule has 0 amide bonds. The predicted octanol–water partition coefficient (Wildman–Crippen LogP) is 3.56. The first kappa shape index (κ1) is 19.6. The van der Waals surface area contributed by atoms with E-state index in [1.807, 2.05) is 49.6 Å². The lowest BCUT2D eigenvalue weighted by molar-refractivity contribution is 0.600. The average Bonchev–Trinajstić information content (AvgIpc) is 3.13. The number of rotatable bonds is 7. The van der Waals surface area contributed by atoms with Gasteiger partial charge in [-0.25, -0.2) is 18.4 Å². The molecule has 9 heteroatoms. The second-order valence-electron chi connectivity index (χ2n) is 6.74. The second-order valence-corrected chi connectivity index (χ2v) is 8.46. The number of nitrogens with zero attached hydrogens (tertiary/aromatic N) is 4. The van der Waals surface area contributed by atoms with Crippen molar-refractivity contribution in [2.75, 3.05) is 10.0 Å². The van der Waals surface area contributed by atoms with E-state index >= 15 is 0 Å². The molecule has 0 spiro atoms. The summed E-state index contributed by atoms with van der Waals surface area (Å²) in [6.45, 7) is 0. The summed E-state index contributed by atoms with van der Waals surface area (Å²) < 4.78 is 29.0. The maximum atomic E-state index is 12.4. The highest BCUT2D eigenvalue weighted by Crippen LogP contribution is 2.23. The van der Waals surface area contributed by atoms with Crippen LogP contribution < -0.4 is 10.0 Å². The lowest BCUT2D eigenvalue weighted by Crippen LogP contribution is -2.15. The van der Waals surface area contributed by atoms with E-state index in [1.54, 1.807) is 41.5 Å². The van der Waals surface area contributed by atoms with Crippen LogP contribution in [0.2, 0.25) is 0 Å². The number of nitrogens with one attached hydrogen (secondary N) is 2. The minimum absolute atomic E-state index is 0.106. The van der Waals surface area contributed by atoms with Crippen LogP contribution in [-0.4, -0.2) is 28.2 Å². The molecular formula is C21H20N6O2S. The van der Waals surface area contributed by atoms with E-state index < -0.39 is 10.0 Å². The van der Waals surface area contributed by atoms with Gasteiger partial charge in [0.25, 0.3) is 0 Å². The van der Waals surface area contributed by atoms with Gasteiger partial charge in [-0.05, 0) is 35.4 Å². The molecule has 0 atom stereocenters. The molecule has 0 fully saturated rings. The number of pyridine rings is 2. The van der Waals surface area contributed by atoms with Gasteiger partial charge >= 0.3 is 0 Å². The number of aryl methyl sites for hydroxylation is 1. The third-order valence-corrected chi connectivity index (χ3v) is 5.53. The van der Waals surface area contributed by atoms with Gasteiger partial charge in [-0.3, -0.25) is 9.40 Å². The van der Waals surface area contributed by atoms with Crippen LogP contribution in [0.15, 0.2) is 79.4 Å². The minimum Gasteiger partial charge on any atom is -0.338 e. The molecule has 4 aromatic rings. The number of aromatic nitrogens is 4. The molecule has 0 aliphatic rings. The van der Waals surface area contributed by atoms with Gasteiger partial charge in [0.15, 0.2) is 0 Å². The fraction of sp³-hybridized carbons (Fsp3) is 0.0952. The normalized spacial score (nSPS) is 11.2. The van der Waals surface area contributed by atoms with Gasteiger partial charge in [-0.1, -0.05) is 30.3 Å². The molecule has 2 N–H and O–H groups in total. The smallest absolute Gasteiger partial charge is 0.238 e. The van der Waals surface area contributed by atoms with Crippen LogP contribution >= 0.6 is 0 Å². The number of hydrogen-bond donors (Lipinski definition) is 2. The summed E-state index contributed by atoms with van der Waals surface area (Å²) in [5.74, 6) is 0.843. The molecule has 152 valence electrons. The van der Waals surface area contributed by atoms with Crippen LogP contribution in [0.4, 0.5) is 17.3 Å². The van der Waals surface area contributed by atoms with Crippen molar-refractivity contribution in [3.05, 3.63) is 84.9 Å². The maximum Gasteiger partial charge on any atom is 0.238 e. The van der Waals surface area contributed by atoms with Crippen molar-refractivity contribution < 1.29 is 8.42 Å². The van der Waals surface area contributed by atoms with Crippen LogP contribution in [0.5, 0.6) is 0 Å². The molecule has 3 aromatic heterocycles. The van der Waals surface area contributed by atoms with Crippen molar-refractivity contribution in [2.24, 2.45) is 7.05 Å². The molecule has 0 saturated carbocycles. The van der Waals surface area contributed by atoms with Gasteiger partial charge in [0, 0.05) is 31.2 Å². The summed E-state index contributed by atoms with van der Waals surface area (Å²) in [5, 5.41) is 7.31. The van der Waals surface area contributed by atoms with Gasteiger partial charge in [-0.15, -0.1) is 0 Å². The zero-order valence-corrected chi connectivity index (χ0v) is 17.0. The van der Waals surface area contributed by atoms with E-state index in [9.17, 15) is 8.42 Å². The Morgan fingerprint density at radius 1 is 0.933 bits per heavy atom. The fourth-order valence-electron chi connectivity index (χ4n) is 2.93. The van der Waals surface area contributed by atoms with E-state index in [1.165, 1.54) is 0 Å². The van der Waals surface area contributed by atoms with Crippen LogP contribution in [0, 0.1) is 0 Å². The Bertz CT molecular complexity index is 1240. The van der Waals surface area contributed by atoms with Gasteiger partial charge < -0.3 is 5.32 Å². The van der Waals surface area contributed by atoms with Crippen molar-refractivity contribution >= 4 is 27.3 Å². The molecule has 4 rings (SSSR count). The highest BCUT2D eigenvalue weighted by atomic mass is 32.2. The van der Waals surface area contributed by atoms with Gasteiger partial charge in [0.2, 0.25) is 10.0 Å². The fourth-order valence-corrected chi connectivity index (χ4v) is 4.07. The Labute approximate surface area is 174 Å². The Kier molecular flexibility index (Phi) is 5.44. The SMILES string of the molecule is Cn1cc(Nc2cc(-c3ccc(NS(=O)(=O)Cc4ccccc4)nc3)ccn2)cn1. The Morgan fingerprint density at radius 3 is 2.47 bits per heavy atom. The largest absolute Gasteiger partial charge is 0.338 e. The van der Waals surface area contributed by atoms with Crippen molar-refractivity contribution in [3.63, 3.8) is 0 Å². The summed E-state index contributed by atoms with van der Waals surface area (Å²) >= 11 is 0. The highest BCUT2D eigenvalue weighted by Gasteiger charge is 2.12. The predicted molar refractivity (Wildman–Crippen MR) is 117 cm³/mol. The van der Waals surface area contributed by atoms with E-state index in [0.29, 0.717) is 11.4 Å². The zero-order valence-electron chi connectivity index (χ0n) is 16.2. The Hall–Kier alpha value is -3.72. The lowest BCUT2D eigenvalue weighted by Gasteiger charge is -2.09. The standard InChI is InChI=1S/C21H20N6O2S/c1-27-14-19(13-24-27)25-21-11-17(9-10-22-21)18-7-8-20(23-12-18)26-30(28,29)15-16-5-3-2-4-6-16/h2-14H,15H2,1H3,(H,22,25)(H,23,26). The van der Waals surface area contributed by atoms with Crippen LogP contribution in [0.3, 0.4) is 0 Å². The first-order valence-corrected chi connectivity index (χ1v) is 10.8.